The average Bonchev–Trinajstić information content (AvgIpc) is 2.65. The maximum absolute atomic E-state index is 12.1. The first kappa shape index (κ1) is 20.8. The first-order chi connectivity index (χ1) is 12.9. The van der Waals surface area contributed by atoms with Crippen LogP contribution in [0.2, 0.25) is 0 Å². The van der Waals surface area contributed by atoms with Crippen LogP contribution < -0.4 is 15.4 Å². The van der Waals surface area contributed by atoms with Crippen molar-refractivity contribution >= 4 is 12.0 Å². The number of methoxy groups -OCH3 is 1. The molecule has 1 aliphatic rings. The van der Waals surface area contributed by atoms with E-state index in [0.717, 1.165) is 5.56 Å². The number of phenols is 1. The number of aliphatic carboxylic acids is 1. The summed E-state index contributed by atoms with van der Waals surface area (Å²) in [4.78, 5) is 23.0. The monoisotopic (exact) mass is 380 g/mol. The van der Waals surface area contributed by atoms with E-state index in [1.165, 1.54) is 7.11 Å². The summed E-state index contributed by atoms with van der Waals surface area (Å²) in [5.41, 5.74) is 0.835. The maximum Gasteiger partial charge on any atom is 0.315 e. The van der Waals surface area contributed by atoms with Crippen LogP contribution in [0.1, 0.15) is 31.2 Å². The summed E-state index contributed by atoms with van der Waals surface area (Å²) in [6.07, 6.45) is 2.94. The van der Waals surface area contributed by atoms with E-state index in [2.05, 4.69) is 10.6 Å². The molecule has 1 aromatic rings. The number of ether oxygens (including phenoxy) is 1. The second kappa shape index (κ2) is 10.0. The lowest BCUT2D eigenvalue weighted by Crippen LogP contribution is -2.45. The molecule has 1 aromatic carbocycles. The summed E-state index contributed by atoms with van der Waals surface area (Å²) in [6.45, 7) is 0.191. The van der Waals surface area contributed by atoms with Gasteiger partial charge in [-0.05, 0) is 49.8 Å². The largest absolute Gasteiger partial charge is 0.504 e. The normalized spacial score (nSPS) is 20.5. The summed E-state index contributed by atoms with van der Waals surface area (Å²) in [5.74, 6) is -0.853. The number of carboxylic acid groups (broad SMARTS) is 1. The second-order valence-corrected chi connectivity index (χ2v) is 7.00. The Kier molecular flexibility index (Phi) is 7.72. The maximum atomic E-state index is 12.1. The van der Waals surface area contributed by atoms with Crippen LogP contribution in [0.25, 0.3) is 0 Å². The third kappa shape index (κ3) is 6.32. The minimum atomic E-state index is -0.770. The fraction of sp³-hybridized carbons (Fsp3) is 0.579. The van der Waals surface area contributed by atoms with E-state index in [0.29, 0.717) is 44.4 Å². The lowest BCUT2D eigenvalue weighted by molar-refractivity contribution is -0.142. The van der Waals surface area contributed by atoms with Gasteiger partial charge in [0.1, 0.15) is 0 Å². The Morgan fingerprint density at radius 2 is 1.96 bits per heavy atom. The molecule has 1 atom stereocenters. The molecule has 2 amide bonds. The minimum absolute atomic E-state index is 0.0216. The molecule has 0 heterocycles. The van der Waals surface area contributed by atoms with Gasteiger partial charge in [0, 0.05) is 25.1 Å². The molecule has 0 aliphatic heterocycles. The number of phenolic OH excluding ortho intramolecular Hbond substituents is 1. The predicted octanol–water partition coefficient (Wildman–Crippen LogP) is 1.49. The Hall–Kier alpha value is -2.48. The van der Waals surface area contributed by atoms with Crippen LogP contribution in [0.15, 0.2) is 18.2 Å². The zero-order chi connectivity index (χ0) is 19.8. The molecular formula is C19H28N2O6. The van der Waals surface area contributed by atoms with Crippen LogP contribution >= 0.6 is 0 Å². The SMILES string of the molecule is COc1ccc(CC(CO)CNC(=O)NC2CCC(C(=O)O)CC2)cc1O. The van der Waals surface area contributed by atoms with Crippen molar-refractivity contribution in [1.29, 1.82) is 0 Å². The number of carboxylic acids is 1. The molecule has 5 N–H and O–H groups in total. The Morgan fingerprint density at radius 1 is 1.26 bits per heavy atom. The number of hydrogen-bond donors (Lipinski definition) is 5. The van der Waals surface area contributed by atoms with Gasteiger partial charge >= 0.3 is 12.0 Å². The molecule has 1 unspecified atom stereocenters. The number of rotatable bonds is 8. The highest BCUT2D eigenvalue weighted by atomic mass is 16.5. The highest BCUT2D eigenvalue weighted by molar-refractivity contribution is 5.74. The molecule has 0 bridgehead atoms. The molecule has 1 aliphatic carbocycles. The van der Waals surface area contributed by atoms with Gasteiger partial charge in [0.2, 0.25) is 0 Å². The zero-order valence-corrected chi connectivity index (χ0v) is 15.5. The van der Waals surface area contributed by atoms with Crippen molar-refractivity contribution in [2.45, 2.75) is 38.1 Å². The van der Waals surface area contributed by atoms with Crippen LogP contribution in [-0.4, -0.2) is 53.6 Å². The molecule has 1 fully saturated rings. The standard InChI is InChI=1S/C19H28N2O6/c1-27-17-7-2-12(9-16(17)23)8-13(11-22)10-20-19(26)21-15-5-3-14(4-6-15)18(24)25/h2,7,9,13-15,22-23H,3-6,8,10-11H2,1H3,(H,24,25)(H2,20,21,26). The molecule has 0 radical (unpaired) electrons. The highest BCUT2D eigenvalue weighted by Crippen LogP contribution is 2.27. The Bertz CT molecular complexity index is 643. The minimum Gasteiger partial charge on any atom is -0.504 e. The summed E-state index contributed by atoms with van der Waals surface area (Å²) >= 11 is 0. The molecule has 150 valence electrons. The molecular weight excluding hydrogens is 352 g/mol. The number of aliphatic hydroxyl groups is 1. The Balaban J connectivity index is 1.76. The highest BCUT2D eigenvalue weighted by Gasteiger charge is 2.26. The van der Waals surface area contributed by atoms with Gasteiger partial charge in [-0.1, -0.05) is 6.07 Å². The number of aromatic hydroxyl groups is 1. The molecule has 2 rings (SSSR count). The van der Waals surface area contributed by atoms with Gasteiger partial charge in [0.15, 0.2) is 11.5 Å². The van der Waals surface area contributed by atoms with Crippen molar-refractivity contribution in [2.75, 3.05) is 20.3 Å². The number of amides is 2. The Morgan fingerprint density at radius 3 is 2.52 bits per heavy atom. The average molecular weight is 380 g/mol. The lowest BCUT2D eigenvalue weighted by atomic mass is 9.86. The second-order valence-electron chi connectivity index (χ2n) is 7.00. The van der Waals surface area contributed by atoms with Crippen LogP contribution in [-0.2, 0) is 11.2 Å². The van der Waals surface area contributed by atoms with Gasteiger partial charge in [-0.2, -0.15) is 0 Å². The van der Waals surface area contributed by atoms with Gasteiger partial charge in [-0.15, -0.1) is 0 Å². The van der Waals surface area contributed by atoms with Crippen LogP contribution in [0.5, 0.6) is 11.5 Å². The van der Waals surface area contributed by atoms with Crippen molar-refractivity contribution in [1.82, 2.24) is 10.6 Å². The number of benzene rings is 1. The molecule has 0 spiro atoms. The topological polar surface area (TPSA) is 128 Å². The van der Waals surface area contributed by atoms with E-state index in [9.17, 15) is 19.8 Å². The van der Waals surface area contributed by atoms with E-state index >= 15 is 0 Å². The zero-order valence-electron chi connectivity index (χ0n) is 15.5. The summed E-state index contributed by atoms with van der Waals surface area (Å²) in [5, 5.41) is 34.0. The van der Waals surface area contributed by atoms with Gasteiger partial charge in [0.25, 0.3) is 0 Å². The first-order valence-corrected chi connectivity index (χ1v) is 9.16. The van der Waals surface area contributed by atoms with Crippen molar-refractivity contribution in [3.63, 3.8) is 0 Å². The molecule has 8 nitrogen and oxygen atoms in total. The van der Waals surface area contributed by atoms with Gasteiger partial charge in [0.05, 0.1) is 13.0 Å². The van der Waals surface area contributed by atoms with Crippen molar-refractivity contribution in [2.24, 2.45) is 11.8 Å². The van der Waals surface area contributed by atoms with Crippen LogP contribution in [0.3, 0.4) is 0 Å². The number of hydrogen-bond acceptors (Lipinski definition) is 5. The summed E-state index contributed by atoms with van der Waals surface area (Å²) in [7, 11) is 1.47. The van der Waals surface area contributed by atoms with Crippen LogP contribution in [0.4, 0.5) is 4.79 Å². The van der Waals surface area contributed by atoms with E-state index < -0.39 is 5.97 Å². The summed E-state index contributed by atoms with van der Waals surface area (Å²) in [6, 6.07) is 4.72. The number of carbonyl (C=O) groups is 2. The van der Waals surface area contributed by atoms with Crippen LogP contribution in [0, 0.1) is 11.8 Å². The quantitative estimate of drug-likeness (QED) is 0.465. The molecule has 1 saturated carbocycles. The number of aliphatic hydroxyl groups excluding tert-OH is 1. The van der Waals surface area contributed by atoms with E-state index in [1.807, 2.05) is 6.07 Å². The molecule has 0 aromatic heterocycles. The molecule has 0 saturated heterocycles. The van der Waals surface area contributed by atoms with Gasteiger partial charge in [-0.3, -0.25) is 4.79 Å². The third-order valence-electron chi connectivity index (χ3n) is 4.99. The fourth-order valence-electron chi connectivity index (χ4n) is 3.36. The number of nitrogens with one attached hydrogen (secondary N) is 2. The smallest absolute Gasteiger partial charge is 0.315 e. The third-order valence-corrected chi connectivity index (χ3v) is 4.99. The van der Waals surface area contributed by atoms with Gasteiger partial charge in [-0.25, -0.2) is 4.79 Å². The van der Waals surface area contributed by atoms with Crippen molar-refractivity contribution in [3.8, 4) is 11.5 Å². The van der Waals surface area contributed by atoms with E-state index in [1.54, 1.807) is 12.1 Å². The lowest BCUT2D eigenvalue weighted by Gasteiger charge is -2.27. The van der Waals surface area contributed by atoms with E-state index in [4.69, 9.17) is 9.84 Å². The molecule has 27 heavy (non-hydrogen) atoms. The number of carbonyl (C=O) groups excluding carboxylic acids is 1. The predicted molar refractivity (Wildman–Crippen MR) is 98.9 cm³/mol. The first-order valence-electron chi connectivity index (χ1n) is 9.16. The summed E-state index contributed by atoms with van der Waals surface area (Å²) < 4.78 is 5.00. The van der Waals surface area contributed by atoms with Crippen molar-refractivity contribution < 1.29 is 29.6 Å². The molecule has 8 heteroatoms. The van der Waals surface area contributed by atoms with E-state index in [-0.39, 0.29) is 36.3 Å². The van der Waals surface area contributed by atoms with Gasteiger partial charge < -0.3 is 30.7 Å². The Labute approximate surface area is 158 Å². The fourth-order valence-corrected chi connectivity index (χ4v) is 3.36. The van der Waals surface area contributed by atoms with Crippen molar-refractivity contribution in [3.05, 3.63) is 23.8 Å². The number of urea groups is 1.